The molecule has 1 aromatic carbocycles. The zero-order chi connectivity index (χ0) is 20.0. The Morgan fingerprint density at radius 1 is 1.33 bits per heavy atom. The first-order chi connectivity index (χ1) is 12.7. The number of likely N-dealkylation sites (tertiary alicyclic amines) is 1. The first-order valence-corrected chi connectivity index (χ1v) is 8.70. The molecule has 1 saturated heterocycles. The van der Waals surface area contributed by atoms with Crippen LogP contribution in [0.15, 0.2) is 24.3 Å². The molecule has 1 fully saturated rings. The Morgan fingerprint density at radius 2 is 2.07 bits per heavy atom. The molecule has 1 aromatic rings. The number of halogens is 3. The van der Waals surface area contributed by atoms with E-state index in [-0.39, 0.29) is 43.3 Å². The van der Waals surface area contributed by atoms with Crippen LogP contribution < -0.4 is 10.1 Å². The highest BCUT2D eigenvalue weighted by molar-refractivity contribution is 5.83. The molecule has 0 spiro atoms. The lowest BCUT2D eigenvalue weighted by atomic mass is 10.2. The highest BCUT2D eigenvalue weighted by atomic mass is 19.4. The van der Waals surface area contributed by atoms with Crippen molar-refractivity contribution in [3.63, 3.8) is 0 Å². The van der Waals surface area contributed by atoms with Crippen LogP contribution in [0.1, 0.15) is 18.4 Å². The average molecular weight is 387 g/mol. The molecule has 27 heavy (non-hydrogen) atoms. The van der Waals surface area contributed by atoms with E-state index in [2.05, 4.69) is 5.32 Å². The highest BCUT2D eigenvalue weighted by Crippen LogP contribution is 2.31. The van der Waals surface area contributed by atoms with Gasteiger partial charge < -0.3 is 15.0 Å². The van der Waals surface area contributed by atoms with Gasteiger partial charge in [-0.25, -0.2) is 0 Å². The number of alkyl halides is 3. The molecule has 2 rings (SSSR count). The first kappa shape index (κ1) is 21.0. The van der Waals surface area contributed by atoms with E-state index in [1.54, 1.807) is 14.1 Å². The second-order valence-corrected chi connectivity index (χ2v) is 6.59. The van der Waals surface area contributed by atoms with Crippen molar-refractivity contribution in [3.8, 4) is 5.75 Å². The van der Waals surface area contributed by atoms with Crippen LogP contribution in [0.3, 0.4) is 0 Å². The molecular weight excluding hydrogens is 363 g/mol. The number of carbonyl (C=O) groups is 2. The zero-order valence-electron chi connectivity index (χ0n) is 15.4. The van der Waals surface area contributed by atoms with Crippen LogP contribution in [0.25, 0.3) is 0 Å². The van der Waals surface area contributed by atoms with Gasteiger partial charge in [-0.15, -0.1) is 0 Å². The molecule has 0 aromatic heterocycles. The summed E-state index contributed by atoms with van der Waals surface area (Å²) in [5.74, 6) is -0.176. The summed E-state index contributed by atoms with van der Waals surface area (Å²) >= 11 is 0. The van der Waals surface area contributed by atoms with Crippen LogP contribution in [0.2, 0.25) is 0 Å². The van der Waals surface area contributed by atoms with Crippen molar-refractivity contribution in [2.24, 2.45) is 0 Å². The number of likely N-dealkylation sites (N-methyl/N-ethyl adjacent to an activating group) is 1. The molecule has 1 N–H and O–H groups in total. The summed E-state index contributed by atoms with van der Waals surface area (Å²) in [4.78, 5) is 27.5. The fourth-order valence-electron chi connectivity index (χ4n) is 2.95. The molecule has 0 aliphatic carbocycles. The topological polar surface area (TPSA) is 61.9 Å². The van der Waals surface area contributed by atoms with E-state index < -0.39 is 11.7 Å². The molecular formula is C18H24F3N3O3. The average Bonchev–Trinajstić information content (AvgIpc) is 3.05. The fraction of sp³-hybridized carbons (Fsp3) is 0.556. The van der Waals surface area contributed by atoms with Crippen LogP contribution >= 0.6 is 0 Å². The minimum Gasteiger partial charge on any atom is -0.492 e. The highest BCUT2D eigenvalue weighted by Gasteiger charge is 2.32. The summed E-state index contributed by atoms with van der Waals surface area (Å²) in [6.07, 6.45) is -2.84. The van der Waals surface area contributed by atoms with E-state index in [1.807, 2.05) is 4.90 Å². The smallest absolute Gasteiger partial charge is 0.416 e. The minimum atomic E-state index is -4.43. The van der Waals surface area contributed by atoms with Gasteiger partial charge in [0.2, 0.25) is 11.8 Å². The summed E-state index contributed by atoms with van der Waals surface area (Å²) in [6, 6.07) is 4.30. The Hall–Kier alpha value is -2.29. The third kappa shape index (κ3) is 6.13. The largest absolute Gasteiger partial charge is 0.492 e. The van der Waals surface area contributed by atoms with Gasteiger partial charge in [-0.05, 0) is 37.6 Å². The molecule has 1 unspecified atom stereocenters. The lowest BCUT2D eigenvalue weighted by Crippen LogP contribution is -2.47. The predicted octanol–water partition coefficient (Wildman–Crippen LogP) is 1.75. The molecule has 0 bridgehead atoms. The lowest BCUT2D eigenvalue weighted by molar-refractivity contribution is -0.137. The third-order valence-corrected chi connectivity index (χ3v) is 4.29. The number of benzene rings is 1. The van der Waals surface area contributed by atoms with Gasteiger partial charge in [-0.2, -0.15) is 13.2 Å². The molecule has 0 radical (unpaired) electrons. The van der Waals surface area contributed by atoms with Gasteiger partial charge in [0.15, 0.2) is 0 Å². The van der Waals surface area contributed by atoms with Gasteiger partial charge in [0.25, 0.3) is 0 Å². The maximum Gasteiger partial charge on any atom is 0.416 e. The van der Waals surface area contributed by atoms with E-state index in [1.165, 1.54) is 17.0 Å². The molecule has 150 valence electrons. The van der Waals surface area contributed by atoms with Gasteiger partial charge >= 0.3 is 6.18 Å². The molecule has 1 aliphatic rings. The summed E-state index contributed by atoms with van der Waals surface area (Å²) in [5, 5.41) is 2.66. The quantitative estimate of drug-likeness (QED) is 0.725. The van der Waals surface area contributed by atoms with Crippen molar-refractivity contribution in [1.29, 1.82) is 0 Å². The molecule has 1 atom stereocenters. The van der Waals surface area contributed by atoms with Gasteiger partial charge in [0.1, 0.15) is 12.4 Å². The summed E-state index contributed by atoms with van der Waals surface area (Å²) in [7, 11) is 3.37. The predicted molar refractivity (Wildman–Crippen MR) is 93.2 cm³/mol. The molecule has 0 saturated carbocycles. The van der Waals surface area contributed by atoms with Gasteiger partial charge in [-0.1, -0.05) is 6.07 Å². The van der Waals surface area contributed by atoms with Crippen molar-refractivity contribution in [2.45, 2.75) is 25.1 Å². The van der Waals surface area contributed by atoms with E-state index >= 15 is 0 Å². The summed E-state index contributed by atoms with van der Waals surface area (Å²) in [5.41, 5.74) is -0.783. The second kappa shape index (κ2) is 9.07. The van der Waals surface area contributed by atoms with E-state index in [0.29, 0.717) is 6.54 Å². The molecule has 9 heteroatoms. The van der Waals surface area contributed by atoms with Gasteiger partial charge in [0.05, 0.1) is 24.7 Å². The summed E-state index contributed by atoms with van der Waals surface area (Å²) in [6.45, 7) is 0.995. The number of carbonyl (C=O) groups excluding carboxylic acids is 2. The molecule has 2 amide bonds. The van der Waals surface area contributed by atoms with Crippen LogP contribution in [0.4, 0.5) is 13.2 Å². The summed E-state index contributed by atoms with van der Waals surface area (Å²) < 4.78 is 43.2. The number of ether oxygens (including phenoxy) is 1. The van der Waals surface area contributed by atoms with Crippen molar-refractivity contribution in [3.05, 3.63) is 29.8 Å². The SMILES string of the molecule is CN(C)C(=O)C1CCCN1CC(=O)NCCOc1cccc(C(F)(F)F)c1. The fourth-order valence-corrected chi connectivity index (χ4v) is 2.95. The molecule has 6 nitrogen and oxygen atoms in total. The first-order valence-electron chi connectivity index (χ1n) is 8.70. The van der Waals surface area contributed by atoms with Gasteiger partial charge in [-0.3, -0.25) is 14.5 Å². The number of amides is 2. The van der Waals surface area contributed by atoms with E-state index in [4.69, 9.17) is 4.74 Å². The Labute approximate surface area is 156 Å². The Bertz CT molecular complexity index is 665. The number of hydrogen-bond donors (Lipinski definition) is 1. The van der Waals surface area contributed by atoms with Gasteiger partial charge in [0, 0.05) is 14.1 Å². The van der Waals surface area contributed by atoms with Crippen LogP contribution in [0, 0.1) is 0 Å². The van der Waals surface area contributed by atoms with Crippen molar-refractivity contribution in [2.75, 3.05) is 40.3 Å². The number of nitrogens with zero attached hydrogens (tertiary/aromatic N) is 2. The maximum absolute atomic E-state index is 12.6. The maximum atomic E-state index is 12.6. The van der Waals surface area contributed by atoms with Crippen LogP contribution in [-0.4, -0.2) is 68.0 Å². The molecule has 1 aliphatic heterocycles. The van der Waals surface area contributed by atoms with Crippen molar-refractivity contribution in [1.82, 2.24) is 15.1 Å². The normalized spacial score (nSPS) is 17.6. The number of nitrogens with one attached hydrogen (secondary N) is 1. The zero-order valence-corrected chi connectivity index (χ0v) is 15.4. The van der Waals surface area contributed by atoms with E-state index in [9.17, 15) is 22.8 Å². The van der Waals surface area contributed by atoms with Crippen LogP contribution in [-0.2, 0) is 15.8 Å². The number of hydrogen-bond acceptors (Lipinski definition) is 4. The minimum absolute atomic E-state index is 0.0202. The third-order valence-electron chi connectivity index (χ3n) is 4.29. The monoisotopic (exact) mass is 387 g/mol. The van der Waals surface area contributed by atoms with Crippen LogP contribution in [0.5, 0.6) is 5.75 Å². The standard InChI is InChI=1S/C18H24F3N3O3/c1-23(2)17(26)15-7-4-9-24(15)12-16(25)22-8-10-27-14-6-3-5-13(11-14)18(19,20)21/h3,5-6,11,15H,4,7-10,12H2,1-2H3,(H,22,25). The Balaban J connectivity index is 1.74. The lowest BCUT2D eigenvalue weighted by Gasteiger charge is -2.25. The second-order valence-electron chi connectivity index (χ2n) is 6.59. The van der Waals surface area contributed by atoms with Crippen molar-refractivity contribution >= 4 is 11.8 Å². The van der Waals surface area contributed by atoms with Crippen molar-refractivity contribution < 1.29 is 27.5 Å². The number of rotatable bonds is 7. The molecule has 1 heterocycles. The Kier molecular flexibility index (Phi) is 7.06. The Morgan fingerprint density at radius 3 is 2.74 bits per heavy atom. The van der Waals surface area contributed by atoms with E-state index in [0.717, 1.165) is 25.0 Å².